The number of carbonyl (C=O) groups is 2. The van der Waals surface area contributed by atoms with Crippen LogP contribution in [0.25, 0.3) is 11.1 Å². The number of benzene rings is 1. The molecule has 1 aliphatic rings. The summed E-state index contributed by atoms with van der Waals surface area (Å²) in [5.74, 6) is -1.30. The monoisotopic (exact) mass is 361 g/mol. The van der Waals surface area contributed by atoms with Crippen molar-refractivity contribution in [3.63, 3.8) is 0 Å². The molecule has 3 heterocycles. The number of carbonyl (C=O) groups excluding carboxylic acids is 1. The van der Waals surface area contributed by atoms with Crippen molar-refractivity contribution in [1.29, 1.82) is 0 Å². The lowest BCUT2D eigenvalue weighted by Gasteiger charge is -2.16. The molecule has 7 nitrogen and oxygen atoms in total. The number of hydrogen-bond acceptors (Lipinski definition) is 4. The van der Waals surface area contributed by atoms with Crippen molar-refractivity contribution in [2.75, 3.05) is 4.90 Å². The largest absolute Gasteiger partial charge is 0.480 e. The number of hydrogen-bond donors (Lipinski definition) is 1. The zero-order chi connectivity index (χ0) is 19.0. The average Bonchev–Trinajstić information content (AvgIpc) is 3.00. The third-order valence-corrected chi connectivity index (χ3v) is 4.49. The van der Waals surface area contributed by atoms with E-state index < -0.39 is 18.1 Å². The molecule has 0 aliphatic carbocycles. The molecule has 0 saturated heterocycles. The predicted octanol–water partition coefficient (Wildman–Crippen LogP) is 2.16. The average molecular weight is 361 g/mol. The standard InChI is InChI=1S/C20H15N3O4/c24-18-6-5-16(11-22(18)12-19(25)26)23-10-15-4-3-13(8-17(15)20(23)27)14-2-1-7-21-9-14/h1-9,11H,10,12H2,(H,25,26). The minimum Gasteiger partial charge on any atom is -0.480 e. The maximum Gasteiger partial charge on any atom is 0.323 e. The lowest BCUT2D eigenvalue weighted by molar-refractivity contribution is -0.137. The van der Waals surface area contributed by atoms with Crippen molar-refractivity contribution in [2.24, 2.45) is 0 Å². The Balaban J connectivity index is 1.68. The molecule has 1 aliphatic heterocycles. The summed E-state index contributed by atoms with van der Waals surface area (Å²) in [6.07, 6.45) is 4.83. The highest BCUT2D eigenvalue weighted by Crippen LogP contribution is 2.31. The Morgan fingerprint density at radius 2 is 1.96 bits per heavy atom. The van der Waals surface area contributed by atoms with Gasteiger partial charge < -0.3 is 14.6 Å². The predicted molar refractivity (Wildman–Crippen MR) is 98.5 cm³/mol. The number of nitrogens with zero attached hydrogens (tertiary/aromatic N) is 3. The fraction of sp³-hybridized carbons (Fsp3) is 0.100. The smallest absolute Gasteiger partial charge is 0.323 e. The van der Waals surface area contributed by atoms with Gasteiger partial charge in [0.25, 0.3) is 11.5 Å². The second-order valence-electron chi connectivity index (χ2n) is 6.25. The number of pyridine rings is 2. The summed E-state index contributed by atoms with van der Waals surface area (Å²) in [5.41, 5.74) is 3.34. The van der Waals surface area contributed by atoms with Crippen molar-refractivity contribution in [3.05, 3.63) is 82.5 Å². The van der Waals surface area contributed by atoms with Crippen LogP contribution in [0.3, 0.4) is 0 Å². The van der Waals surface area contributed by atoms with Gasteiger partial charge in [-0.15, -0.1) is 0 Å². The molecule has 0 unspecified atom stereocenters. The molecule has 0 fully saturated rings. The van der Waals surface area contributed by atoms with Gasteiger partial charge in [-0.2, -0.15) is 0 Å². The molecule has 27 heavy (non-hydrogen) atoms. The third kappa shape index (κ3) is 3.10. The zero-order valence-corrected chi connectivity index (χ0v) is 14.2. The van der Waals surface area contributed by atoms with Crippen LogP contribution in [0.4, 0.5) is 5.69 Å². The fourth-order valence-electron chi connectivity index (χ4n) is 3.17. The summed E-state index contributed by atoms with van der Waals surface area (Å²) in [7, 11) is 0. The summed E-state index contributed by atoms with van der Waals surface area (Å²) in [4.78, 5) is 41.3. The van der Waals surface area contributed by atoms with E-state index in [1.165, 1.54) is 23.2 Å². The first kappa shape index (κ1) is 16.7. The molecule has 0 bridgehead atoms. The van der Waals surface area contributed by atoms with Gasteiger partial charge in [0.2, 0.25) is 0 Å². The Bertz CT molecular complexity index is 1110. The van der Waals surface area contributed by atoms with Crippen molar-refractivity contribution in [3.8, 4) is 11.1 Å². The zero-order valence-electron chi connectivity index (χ0n) is 14.2. The van der Waals surface area contributed by atoms with Gasteiger partial charge in [-0.3, -0.25) is 19.4 Å². The number of rotatable bonds is 4. The molecule has 1 amide bonds. The van der Waals surface area contributed by atoms with Gasteiger partial charge >= 0.3 is 5.97 Å². The molecule has 4 rings (SSSR count). The topological polar surface area (TPSA) is 92.5 Å². The quantitative estimate of drug-likeness (QED) is 0.769. The normalized spacial score (nSPS) is 12.9. The summed E-state index contributed by atoms with van der Waals surface area (Å²) in [6.45, 7) is -0.0838. The SMILES string of the molecule is O=C(O)Cn1cc(N2Cc3ccc(-c4cccnc4)cc3C2=O)ccc1=O. The number of amides is 1. The van der Waals surface area contributed by atoms with E-state index in [9.17, 15) is 14.4 Å². The van der Waals surface area contributed by atoms with Crippen molar-refractivity contribution in [2.45, 2.75) is 13.1 Å². The Morgan fingerprint density at radius 1 is 1.11 bits per heavy atom. The highest BCUT2D eigenvalue weighted by molar-refractivity contribution is 6.10. The number of aromatic nitrogens is 2. The van der Waals surface area contributed by atoms with Crippen LogP contribution in [0.15, 0.2) is 65.8 Å². The number of carboxylic acids is 1. The Labute approximate surface area is 154 Å². The van der Waals surface area contributed by atoms with E-state index in [1.807, 2.05) is 30.3 Å². The summed E-state index contributed by atoms with van der Waals surface area (Å²) in [5, 5.41) is 8.93. The molecule has 0 saturated carbocycles. The van der Waals surface area contributed by atoms with E-state index in [4.69, 9.17) is 5.11 Å². The molecule has 1 N–H and O–H groups in total. The summed E-state index contributed by atoms with van der Waals surface area (Å²) < 4.78 is 1.08. The van der Waals surface area contributed by atoms with Gasteiger partial charge in [0.15, 0.2) is 0 Å². The maximum absolute atomic E-state index is 12.9. The molecular weight excluding hydrogens is 346 g/mol. The van der Waals surface area contributed by atoms with Gasteiger partial charge in [-0.25, -0.2) is 0 Å². The minimum absolute atomic E-state index is 0.184. The molecule has 0 radical (unpaired) electrons. The van der Waals surface area contributed by atoms with Crippen LogP contribution < -0.4 is 10.5 Å². The van der Waals surface area contributed by atoms with Crippen LogP contribution in [0.2, 0.25) is 0 Å². The van der Waals surface area contributed by atoms with E-state index in [2.05, 4.69) is 4.98 Å². The first-order valence-electron chi connectivity index (χ1n) is 8.30. The highest BCUT2D eigenvalue weighted by Gasteiger charge is 2.29. The van der Waals surface area contributed by atoms with Gasteiger partial charge in [0, 0.05) is 35.8 Å². The molecule has 1 aromatic carbocycles. The molecule has 134 valence electrons. The van der Waals surface area contributed by atoms with E-state index in [0.29, 0.717) is 17.8 Å². The number of fused-ring (bicyclic) bond motifs is 1. The molecular formula is C20H15N3O4. The van der Waals surface area contributed by atoms with Gasteiger partial charge in [0.1, 0.15) is 6.54 Å². The van der Waals surface area contributed by atoms with Gasteiger partial charge in [-0.05, 0) is 29.3 Å². The van der Waals surface area contributed by atoms with Crippen LogP contribution >= 0.6 is 0 Å². The van der Waals surface area contributed by atoms with Crippen molar-refractivity contribution in [1.82, 2.24) is 9.55 Å². The van der Waals surface area contributed by atoms with Crippen molar-refractivity contribution >= 4 is 17.6 Å². The van der Waals surface area contributed by atoms with Crippen LogP contribution in [0.5, 0.6) is 0 Å². The van der Waals surface area contributed by atoms with Gasteiger partial charge in [-0.1, -0.05) is 18.2 Å². The van der Waals surface area contributed by atoms with E-state index >= 15 is 0 Å². The highest BCUT2D eigenvalue weighted by atomic mass is 16.4. The first-order chi connectivity index (χ1) is 13.0. The minimum atomic E-state index is -1.12. The number of anilines is 1. The first-order valence-corrected chi connectivity index (χ1v) is 8.30. The molecule has 0 spiro atoms. The molecule has 7 heteroatoms. The summed E-state index contributed by atoms with van der Waals surface area (Å²) in [6, 6.07) is 12.3. The maximum atomic E-state index is 12.9. The molecule has 2 aromatic heterocycles. The Hall–Kier alpha value is -3.74. The summed E-state index contributed by atoms with van der Waals surface area (Å²) >= 11 is 0. The van der Waals surface area contributed by atoms with Crippen LogP contribution in [0, 0.1) is 0 Å². The Kier molecular flexibility index (Phi) is 4.04. The van der Waals surface area contributed by atoms with E-state index in [-0.39, 0.29) is 5.91 Å². The van der Waals surface area contributed by atoms with Gasteiger partial charge in [0.05, 0.1) is 12.2 Å². The number of carboxylic acid groups (broad SMARTS) is 1. The van der Waals surface area contributed by atoms with E-state index in [0.717, 1.165) is 21.3 Å². The second-order valence-corrected chi connectivity index (χ2v) is 6.25. The second kappa shape index (κ2) is 6.53. The number of aliphatic carboxylic acids is 1. The third-order valence-electron chi connectivity index (χ3n) is 4.49. The van der Waals surface area contributed by atoms with E-state index in [1.54, 1.807) is 12.4 Å². The van der Waals surface area contributed by atoms with Crippen LogP contribution in [-0.4, -0.2) is 26.5 Å². The van der Waals surface area contributed by atoms with Crippen molar-refractivity contribution < 1.29 is 14.7 Å². The lowest BCUT2D eigenvalue weighted by Crippen LogP contribution is -2.28. The molecule has 0 atom stereocenters. The Morgan fingerprint density at radius 3 is 2.70 bits per heavy atom. The molecule has 3 aromatic rings. The lowest BCUT2D eigenvalue weighted by atomic mass is 10.0. The van der Waals surface area contributed by atoms with Crippen LogP contribution in [0.1, 0.15) is 15.9 Å². The fourth-order valence-corrected chi connectivity index (χ4v) is 3.17. The van der Waals surface area contributed by atoms with Crippen LogP contribution in [-0.2, 0) is 17.9 Å².